The number of Topliss-reactive ketones (excluding diaryl/α,β-unsaturated/α-hetero) is 2. The lowest BCUT2D eigenvalue weighted by Gasteiger charge is -2.17. The molecule has 0 fully saturated rings. The standard InChI is InChI=1S/C50H49Cl5N8O8/c1-8-70-35-20-30(25(3)51)18-33(22-35)57-47(66)37-12-10-14-41(43(37)54)60-62-45(28(6)64)49(68)56-32-16-17-40(39(24-32)27(5)53)59-50(69)46(29(7)65)63-61-42-15-11-13-38(44(42)55)48(67)58-34-19-31(26(4)52)21-36(23-34)71-9-2/h10-27,45-46H,8-9H2,1-7H3,(H,56,68)(H,57,66)(H,58,67)(H,59,69). The lowest BCUT2D eigenvalue weighted by molar-refractivity contribution is -0.127. The average Bonchev–Trinajstić information content (AvgIpc) is 3.30. The number of halogens is 5. The summed E-state index contributed by atoms with van der Waals surface area (Å²) in [5, 5.41) is 25.3. The number of amides is 4. The summed E-state index contributed by atoms with van der Waals surface area (Å²) < 4.78 is 11.2. The molecule has 16 nitrogen and oxygen atoms in total. The summed E-state index contributed by atoms with van der Waals surface area (Å²) in [4.78, 5) is 79.4. The number of hydrogen-bond donors (Lipinski definition) is 4. The highest BCUT2D eigenvalue weighted by atomic mass is 35.5. The fourth-order valence-electron chi connectivity index (χ4n) is 6.66. The average molecular weight is 1070 g/mol. The van der Waals surface area contributed by atoms with Gasteiger partial charge in [-0.15, -0.1) is 34.8 Å². The van der Waals surface area contributed by atoms with Crippen LogP contribution in [-0.2, 0) is 19.2 Å². The van der Waals surface area contributed by atoms with Crippen LogP contribution in [0.3, 0.4) is 0 Å². The van der Waals surface area contributed by atoms with Crippen LogP contribution in [0, 0.1) is 0 Å². The van der Waals surface area contributed by atoms with Gasteiger partial charge in [0.2, 0.25) is 12.1 Å². The Morgan fingerprint density at radius 3 is 1.37 bits per heavy atom. The molecule has 0 aliphatic rings. The van der Waals surface area contributed by atoms with E-state index in [1.54, 1.807) is 57.2 Å². The van der Waals surface area contributed by atoms with E-state index in [2.05, 4.69) is 41.7 Å². The Balaban J connectivity index is 1.29. The van der Waals surface area contributed by atoms with Gasteiger partial charge in [-0.05, 0) is 132 Å². The number of azo groups is 2. The van der Waals surface area contributed by atoms with Crippen LogP contribution in [0.5, 0.6) is 11.5 Å². The van der Waals surface area contributed by atoms with Crippen molar-refractivity contribution >= 4 is 127 Å². The summed E-state index contributed by atoms with van der Waals surface area (Å²) in [5.74, 6) is -3.19. The molecule has 0 spiro atoms. The SMILES string of the molecule is CCOc1cc(NC(=O)c2cccc(N=NC(C(C)=O)C(=O)Nc3ccc(NC(=O)C(N=Nc4cccc(C(=O)Nc5cc(OCC)cc(C(C)Cl)c5)c4Cl)C(C)=O)c(C(C)Cl)c3)c2Cl)cc(C(C)Cl)c1. The van der Waals surface area contributed by atoms with E-state index >= 15 is 0 Å². The minimum atomic E-state index is -1.66. The van der Waals surface area contributed by atoms with Gasteiger partial charge >= 0.3 is 0 Å². The number of ether oxygens (including phenoxy) is 2. The van der Waals surface area contributed by atoms with Crippen molar-refractivity contribution < 1.29 is 38.2 Å². The first kappa shape index (κ1) is 55.5. The number of carbonyl (C=O) groups is 6. The summed E-state index contributed by atoms with van der Waals surface area (Å²) in [7, 11) is 0. The maximum absolute atomic E-state index is 13.6. The fourth-order valence-corrected chi connectivity index (χ4v) is 7.59. The number of rotatable bonds is 21. The Kier molecular flexibility index (Phi) is 20.0. The second-order valence-corrected chi connectivity index (χ2v) is 18.4. The minimum absolute atomic E-state index is 0.00595. The van der Waals surface area contributed by atoms with Crippen LogP contribution in [0.4, 0.5) is 34.1 Å². The number of nitrogens with zero attached hydrogens (tertiary/aromatic N) is 4. The first-order valence-electron chi connectivity index (χ1n) is 22.0. The molecule has 5 aromatic carbocycles. The second kappa shape index (κ2) is 25.6. The zero-order valence-corrected chi connectivity index (χ0v) is 43.2. The molecule has 71 heavy (non-hydrogen) atoms. The van der Waals surface area contributed by atoms with E-state index in [0.717, 1.165) is 25.0 Å². The predicted molar refractivity (Wildman–Crippen MR) is 279 cm³/mol. The molecule has 0 saturated carbocycles. The van der Waals surface area contributed by atoms with Gasteiger partial charge in [0.25, 0.3) is 23.6 Å². The number of nitrogens with one attached hydrogen (secondary N) is 4. The number of hydrogen-bond acceptors (Lipinski definition) is 12. The molecule has 4 N–H and O–H groups in total. The third kappa shape index (κ3) is 15.0. The molecule has 0 heterocycles. The van der Waals surface area contributed by atoms with Crippen LogP contribution in [0.15, 0.2) is 111 Å². The van der Waals surface area contributed by atoms with Crippen molar-refractivity contribution in [3.8, 4) is 11.5 Å². The minimum Gasteiger partial charge on any atom is -0.494 e. The number of carbonyl (C=O) groups excluding carboxylic acids is 6. The Labute approximate surface area is 435 Å². The van der Waals surface area contributed by atoms with Gasteiger partial charge in [-0.2, -0.15) is 20.5 Å². The van der Waals surface area contributed by atoms with Gasteiger partial charge in [-0.3, -0.25) is 28.8 Å². The van der Waals surface area contributed by atoms with Crippen molar-refractivity contribution in [3.63, 3.8) is 0 Å². The monoisotopic (exact) mass is 1060 g/mol. The van der Waals surface area contributed by atoms with Crippen LogP contribution < -0.4 is 30.7 Å². The fraction of sp³-hybridized carbons (Fsp3) is 0.280. The third-order valence-electron chi connectivity index (χ3n) is 10.2. The molecule has 0 aromatic heterocycles. The molecule has 0 radical (unpaired) electrons. The lowest BCUT2D eigenvalue weighted by Crippen LogP contribution is -2.32. The van der Waals surface area contributed by atoms with Gasteiger partial charge < -0.3 is 30.7 Å². The Hall–Kier alpha value is -6.43. The zero-order chi connectivity index (χ0) is 52.1. The first-order chi connectivity index (χ1) is 33.7. The summed E-state index contributed by atoms with van der Waals surface area (Å²) in [6, 6.07) is 20.2. The highest BCUT2D eigenvalue weighted by molar-refractivity contribution is 6.37. The molecule has 372 valence electrons. The molecule has 4 amide bonds. The smallest absolute Gasteiger partial charge is 0.258 e. The van der Waals surface area contributed by atoms with Crippen molar-refractivity contribution in [1.82, 2.24) is 0 Å². The number of ketones is 2. The molecule has 21 heteroatoms. The molecule has 5 aromatic rings. The molecule has 5 unspecified atom stereocenters. The van der Waals surface area contributed by atoms with Gasteiger partial charge in [-0.25, -0.2) is 0 Å². The van der Waals surface area contributed by atoms with Crippen molar-refractivity contribution in [2.75, 3.05) is 34.5 Å². The van der Waals surface area contributed by atoms with Crippen molar-refractivity contribution in [3.05, 3.63) is 129 Å². The molecule has 0 aliphatic heterocycles. The third-order valence-corrected chi connectivity index (χ3v) is 11.7. The van der Waals surface area contributed by atoms with E-state index in [0.29, 0.717) is 41.7 Å². The zero-order valence-electron chi connectivity index (χ0n) is 39.4. The van der Waals surface area contributed by atoms with Gasteiger partial charge in [0, 0.05) is 34.9 Å². The highest BCUT2D eigenvalue weighted by Gasteiger charge is 2.27. The van der Waals surface area contributed by atoms with Crippen LogP contribution in [0.1, 0.15) is 102 Å². The van der Waals surface area contributed by atoms with Crippen LogP contribution in [0.2, 0.25) is 10.0 Å². The number of benzene rings is 5. The quantitative estimate of drug-likeness (QED) is 0.0314. The Morgan fingerprint density at radius 2 is 0.972 bits per heavy atom. The van der Waals surface area contributed by atoms with E-state index in [1.807, 2.05) is 13.8 Å². The molecular weight excluding hydrogens is 1020 g/mol. The molecule has 0 saturated heterocycles. The number of alkyl halides is 3. The van der Waals surface area contributed by atoms with Gasteiger partial charge in [0.05, 0.1) is 50.5 Å². The number of anilines is 4. The topological polar surface area (TPSA) is 218 Å². The van der Waals surface area contributed by atoms with Crippen LogP contribution >= 0.6 is 58.0 Å². The maximum atomic E-state index is 13.6. The first-order valence-corrected chi connectivity index (χ1v) is 24.0. The molecule has 0 bridgehead atoms. The molecule has 5 atom stereocenters. The highest BCUT2D eigenvalue weighted by Crippen LogP contribution is 2.35. The second-order valence-electron chi connectivity index (χ2n) is 15.7. The van der Waals surface area contributed by atoms with Gasteiger partial charge in [0.15, 0.2) is 11.6 Å². The van der Waals surface area contributed by atoms with E-state index in [9.17, 15) is 28.8 Å². The molecular formula is C50H49Cl5N8O8. The lowest BCUT2D eigenvalue weighted by atomic mass is 10.1. The van der Waals surface area contributed by atoms with E-state index in [-0.39, 0.29) is 54.7 Å². The van der Waals surface area contributed by atoms with E-state index in [4.69, 9.17) is 67.5 Å². The van der Waals surface area contributed by atoms with E-state index in [1.165, 1.54) is 54.6 Å². The Bertz CT molecular complexity index is 2890. The summed E-state index contributed by atoms with van der Waals surface area (Å²) >= 11 is 32.4. The van der Waals surface area contributed by atoms with Crippen LogP contribution in [0.25, 0.3) is 0 Å². The summed E-state index contributed by atoms with van der Waals surface area (Å²) in [6.45, 7) is 11.9. The Morgan fingerprint density at radius 1 is 0.535 bits per heavy atom. The largest absolute Gasteiger partial charge is 0.494 e. The predicted octanol–water partition coefficient (Wildman–Crippen LogP) is 13.6. The maximum Gasteiger partial charge on any atom is 0.258 e. The summed E-state index contributed by atoms with van der Waals surface area (Å²) in [5.41, 5.74) is 3.02. The molecule has 5 rings (SSSR count). The summed E-state index contributed by atoms with van der Waals surface area (Å²) in [6.07, 6.45) is 0. The van der Waals surface area contributed by atoms with Crippen molar-refractivity contribution in [2.45, 2.75) is 76.7 Å². The van der Waals surface area contributed by atoms with E-state index < -0.39 is 52.7 Å². The van der Waals surface area contributed by atoms with Gasteiger partial charge in [0.1, 0.15) is 22.9 Å². The van der Waals surface area contributed by atoms with Crippen molar-refractivity contribution in [1.29, 1.82) is 0 Å². The van der Waals surface area contributed by atoms with Gasteiger partial charge in [-0.1, -0.05) is 35.3 Å². The van der Waals surface area contributed by atoms with Crippen LogP contribution in [-0.4, -0.2) is 60.5 Å². The molecule has 0 aliphatic carbocycles. The normalized spacial score (nSPS) is 13.4. The van der Waals surface area contributed by atoms with Crippen molar-refractivity contribution in [2.24, 2.45) is 20.5 Å².